The summed E-state index contributed by atoms with van der Waals surface area (Å²) >= 11 is 0. The molecule has 1 aliphatic carbocycles. The lowest BCUT2D eigenvalue weighted by Crippen LogP contribution is -2.32. The van der Waals surface area contributed by atoms with Crippen molar-refractivity contribution >= 4 is 71.1 Å². The molecular formula is C66H38N6O. The van der Waals surface area contributed by atoms with Crippen molar-refractivity contribution in [3.05, 3.63) is 264 Å². The molecule has 0 N–H and O–H groups in total. The molecule has 0 radical (unpaired) electrons. The second-order valence-corrected chi connectivity index (χ2v) is 19.2. The molecule has 0 amide bonds. The molecule has 338 valence electrons. The van der Waals surface area contributed by atoms with Gasteiger partial charge in [-0.2, -0.15) is 0 Å². The molecule has 7 nitrogen and oxygen atoms in total. The zero-order valence-corrected chi connectivity index (χ0v) is 39.0. The van der Waals surface area contributed by atoms with Crippen LogP contribution in [0, 0.1) is 6.57 Å². The van der Waals surface area contributed by atoms with E-state index in [0.29, 0.717) is 5.69 Å². The number of hydrogen-bond donors (Lipinski definition) is 0. The van der Waals surface area contributed by atoms with Crippen LogP contribution in [0.2, 0.25) is 0 Å². The number of aromatic nitrogens is 5. The molecule has 7 heteroatoms. The van der Waals surface area contributed by atoms with Crippen molar-refractivity contribution in [3.8, 4) is 51.1 Å². The van der Waals surface area contributed by atoms with Gasteiger partial charge in [-0.25, -0.2) is 4.85 Å². The molecule has 9 aromatic carbocycles. The fourth-order valence-electron chi connectivity index (χ4n) is 12.6. The standard InChI is InChI=1S/C66H38N6O/c1-67-42-26-33-61-51(37-42)49-16-5-10-22-59(49)72(61)45-38-55-65(69-39-45)64-54(18-12-34-68-64)66(55)52-17-6-11-23-62(52)73-63-36-41(24-31-53(63)66)40-25-32-60-50(35-40)48-15-4-9-21-58(48)71(60)44-29-27-43(28-30-44)70-56-19-7-2-13-46(56)47-14-3-8-20-57(47)70/h2-39H. The van der Waals surface area contributed by atoms with Crippen LogP contribution in [-0.4, -0.2) is 23.7 Å². The highest BCUT2D eigenvalue weighted by Gasteiger charge is 2.52. The van der Waals surface area contributed by atoms with Crippen molar-refractivity contribution in [1.29, 1.82) is 0 Å². The summed E-state index contributed by atoms with van der Waals surface area (Å²) in [5, 5.41) is 7.00. The lowest BCUT2D eigenvalue weighted by molar-refractivity contribution is 0.436. The van der Waals surface area contributed by atoms with Gasteiger partial charge in [0, 0.05) is 61.2 Å². The smallest absolute Gasteiger partial charge is 0.188 e. The number of nitrogens with zero attached hydrogens (tertiary/aromatic N) is 6. The van der Waals surface area contributed by atoms with E-state index in [2.05, 4.69) is 213 Å². The highest BCUT2D eigenvalue weighted by molar-refractivity contribution is 6.12. The summed E-state index contributed by atoms with van der Waals surface area (Å²) in [4.78, 5) is 14.1. The van der Waals surface area contributed by atoms with Crippen LogP contribution in [0.5, 0.6) is 11.5 Å². The van der Waals surface area contributed by atoms with Gasteiger partial charge in [0.25, 0.3) is 0 Å². The van der Waals surface area contributed by atoms with Gasteiger partial charge in [0.2, 0.25) is 0 Å². The van der Waals surface area contributed by atoms with E-state index in [9.17, 15) is 0 Å². The van der Waals surface area contributed by atoms with Gasteiger partial charge in [0.15, 0.2) is 5.69 Å². The van der Waals surface area contributed by atoms with Crippen molar-refractivity contribution in [2.24, 2.45) is 0 Å². The zero-order chi connectivity index (χ0) is 47.9. The van der Waals surface area contributed by atoms with Crippen molar-refractivity contribution in [2.45, 2.75) is 5.41 Å². The SMILES string of the molecule is [C-]#[N+]c1ccc2c(c1)c1ccccc1n2-c1cnc2c(c1)C1(c3ccccc3Oc3cc(-c4ccc5c(c4)c4ccccc4n5-c4ccc(-n5c6ccccc6c6ccccc65)cc4)ccc31)c1cccnc1-2. The molecule has 1 aliphatic heterocycles. The van der Waals surface area contributed by atoms with Crippen LogP contribution >= 0.6 is 0 Å². The average molecular weight is 931 g/mol. The van der Waals surface area contributed by atoms with Crippen molar-refractivity contribution in [3.63, 3.8) is 0 Å². The Labute approximate surface area is 418 Å². The summed E-state index contributed by atoms with van der Waals surface area (Å²) in [5.41, 5.74) is 17.8. The molecule has 6 heterocycles. The quantitative estimate of drug-likeness (QED) is 0.165. The van der Waals surface area contributed by atoms with Crippen LogP contribution in [0.25, 0.3) is 110 Å². The van der Waals surface area contributed by atoms with E-state index >= 15 is 0 Å². The third kappa shape index (κ3) is 5.36. The monoisotopic (exact) mass is 930 g/mol. The molecule has 0 bridgehead atoms. The zero-order valence-electron chi connectivity index (χ0n) is 39.0. The third-order valence-electron chi connectivity index (χ3n) is 15.6. The third-order valence-corrected chi connectivity index (χ3v) is 15.6. The van der Waals surface area contributed by atoms with E-state index < -0.39 is 5.41 Å². The maximum Gasteiger partial charge on any atom is 0.188 e. The van der Waals surface area contributed by atoms with E-state index in [4.69, 9.17) is 21.3 Å². The van der Waals surface area contributed by atoms with E-state index in [-0.39, 0.29) is 0 Å². The Bertz CT molecular complexity index is 4690. The Morgan fingerprint density at radius 2 is 0.863 bits per heavy atom. The molecule has 0 fully saturated rings. The highest BCUT2D eigenvalue weighted by atomic mass is 16.5. The number of para-hydroxylation sites is 5. The minimum atomic E-state index is -0.783. The predicted molar refractivity (Wildman–Crippen MR) is 294 cm³/mol. The Kier molecular flexibility index (Phi) is 8.04. The fraction of sp³-hybridized carbons (Fsp3) is 0.0152. The summed E-state index contributed by atoms with van der Waals surface area (Å²) in [6.45, 7) is 7.77. The Hall–Kier alpha value is -10.0. The van der Waals surface area contributed by atoms with Gasteiger partial charge in [0.05, 0.1) is 68.4 Å². The minimum Gasteiger partial charge on any atom is -0.457 e. The first-order valence-electron chi connectivity index (χ1n) is 24.6. The predicted octanol–water partition coefficient (Wildman–Crippen LogP) is 16.5. The molecule has 73 heavy (non-hydrogen) atoms. The number of benzene rings is 9. The molecule has 0 saturated carbocycles. The molecular weight excluding hydrogens is 893 g/mol. The molecule has 1 spiro atoms. The van der Waals surface area contributed by atoms with Crippen LogP contribution in [0.1, 0.15) is 22.3 Å². The first-order chi connectivity index (χ1) is 36.2. The molecule has 0 saturated heterocycles. The molecule has 16 rings (SSSR count). The number of hydrogen-bond acceptors (Lipinski definition) is 3. The van der Waals surface area contributed by atoms with Gasteiger partial charge in [-0.1, -0.05) is 121 Å². The first-order valence-corrected chi connectivity index (χ1v) is 24.6. The molecule has 5 aromatic heterocycles. The number of ether oxygens (including phenoxy) is 1. The average Bonchev–Trinajstić information content (AvgIpc) is 4.21. The Morgan fingerprint density at radius 1 is 0.370 bits per heavy atom. The van der Waals surface area contributed by atoms with Crippen LogP contribution in [0.15, 0.2) is 231 Å². The van der Waals surface area contributed by atoms with Crippen molar-refractivity contribution in [2.75, 3.05) is 0 Å². The molecule has 1 unspecified atom stereocenters. The van der Waals surface area contributed by atoms with Gasteiger partial charge >= 0.3 is 0 Å². The lowest BCUT2D eigenvalue weighted by atomic mass is 9.66. The second kappa shape index (κ2) is 14.8. The molecule has 2 aliphatic rings. The highest BCUT2D eigenvalue weighted by Crippen LogP contribution is 2.62. The van der Waals surface area contributed by atoms with Crippen molar-refractivity contribution in [1.82, 2.24) is 23.7 Å². The lowest BCUT2D eigenvalue weighted by Gasteiger charge is -2.39. The first kappa shape index (κ1) is 39.8. The largest absolute Gasteiger partial charge is 0.457 e. The molecule has 1 atom stereocenters. The van der Waals surface area contributed by atoms with E-state index in [1.807, 2.05) is 36.7 Å². The summed E-state index contributed by atoms with van der Waals surface area (Å²) in [6.07, 6.45) is 3.83. The van der Waals surface area contributed by atoms with Gasteiger partial charge < -0.3 is 18.4 Å². The van der Waals surface area contributed by atoms with Gasteiger partial charge in [-0.3, -0.25) is 9.97 Å². The van der Waals surface area contributed by atoms with E-state index in [1.54, 1.807) is 0 Å². The number of fused-ring (bicyclic) bond motifs is 18. The maximum atomic E-state index is 7.77. The van der Waals surface area contributed by atoms with Crippen LogP contribution in [0.4, 0.5) is 5.69 Å². The van der Waals surface area contributed by atoms with E-state index in [0.717, 1.165) is 106 Å². The fourth-order valence-corrected chi connectivity index (χ4v) is 12.6. The Balaban J connectivity index is 0.846. The van der Waals surface area contributed by atoms with Crippen molar-refractivity contribution < 1.29 is 4.74 Å². The minimum absolute atomic E-state index is 0.613. The normalized spacial score (nSPS) is 14.5. The molecule has 14 aromatic rings. The van der Waals surface area contributed by atoms with Gasteiger partial charge in [0.1, 0.15) is 11.5 Å². The summed E-state index contributed by atoms with van der Waals surface area (Å²) in [5.74, 6) is 1.59. The second-order valence-electron chi connectivity index (χ2n) is 19.2. The number of pyridine rings is 2. The maximum absolute atomic E-state index is 7.77. The van der Waals surface area contributed by atoms with Gasteiger partial charge in [-0.15, -0.1) is 0 Å². The summed E-state index contributed by atoms with van der Waals surface area (Å²) in [6, 6.07) is 77.9. The van der Waals surface area contributed by atoms with Crippen LogP contribution in [-0.2, 0) is 5.41 Å². The van der Waals surface area contributed by atoms with Gasteiger partial charge in [-0.05, 0) is 119 Å². The van der Waals surface area contributed by atoms with E-state index in [1.165, 1.54) is 32.6 Å². The topological polar surface area (TPSA) is 54.2 Å². The van der Waals surface area contributed by atoms with Crippen LogP contribution in [0.3, 0.4) is 0 Å². The number of rotatable bonds is 4. The van der Waals surface area contributed by atoms with Crippen LogP contribution < -0.4 is 4.74 Å². The summed E-state index contributed by atoms with van der Waals surface area (Å²) in [7, 11) is 0. The Morgan fingerprint density at radius 3 is 1.52 bits per heavy atom. The summed E-state index contributed by atoms with van der Waals surface area (Å²) < 4.78 is 14.1.